The highest BCUT2D eigenvalue weighted by atomic mass is 35.5. The maximum atomic E-state index is 9.05. The average Bonchev–Trinajstić information content (AvgIpc) is 2.49. The lowest BCUT2D eigenvalue weighted by molar-refractivity contribution is 0.211. The Kier molecular flexibility index (Phi) is 6.46. The molecule has 0 amide bonds. The molecule has 1 N–H and O–H groups in total. The topological polar surface area (TPSA) is 36.4 Å². The van der Waals surface area contributed by atoms with E-state index in [1.807, 2.05) is 36.4 Å². The van der Waals surface area contributed by atoms with Gasteiger partial charge in [0.2, 0.25) is 0 Å². The third-order valence-electron chi connectivity index (χ3n) is 3.13. The molecule has 0 saturated carbocycles. The van der Waals surface area contributed by atoms with Crippen molar-refractivity contribution in [2.24, 2.45) is 0 Å². The predicted molar refractivity (Wildman–Crippen MR) is 86.5 cm³/mol. The average molecular weight is 325 g/mol. The maximum absolute atomic E-state index is 9.05. The van der Waals surface area contributed by atoms with E-state index in [0.717, 1.165) is 37.3 Å². The smallest absolute Gasteiger partial charge is 0.0595 e. The van der Waals surface area contributed by atoms with Gasteiger partial charge in [-0.15, -0.1) is 0 Å². The number of aliphatic hydroxyl groups is 1. The number of rotatable bonds is 7. The van der Waals surface area contributed by atoms with Gasteiger partial charge in [-0.1, -0.05) is 35.3 Å². The number of pyridine rings is 1. The molecule has 1 aromatic carbocycles. The van der Waals surface area contributed by atoms with Crippen LogP contribution in [0, 0.1) is 0 Å². The second kappa shape index (κ2) is 8.35. The zero-order valence-corrected chi connectivity index (χ0v) is 13.2. The summed E-state index contributed by atoms with van der Waals surface area (Å²) in [5.74, 6) is 0. The summed E-state index contributed by atoms with van der Waals surface area (Å²) in [6, 6.07) is 11.5. The van der Waals surface area contributed by atoms with E-state index in [9.17, 15) is 0 Å². The lowest BCUT2D eigenvalue weighted by atomic mass is 10.2. The van der Waals surface area contributed by atoms with Crippen molar-refractivity contribution in [1.29, 1.82) is 0 Å². The molecule has 0 saturated heterocycles. The largest absolute Gasteiger partial charge is 0.396 e. The molecule has 1 heterocycles. The van der Waals surface area contributed by atoms with Crippen LogP contribution in [0.25, 0.3) is 0 Å². The number of hydrogen-bond donors (Lipinski definition) is 1. The SMILES string of the molecule is OCCCN(Cc1ccc(Cl)c(Cl)c1)Cc1ccccn1. The zero-order valence-electron chi connectivity index (χ0n) is 11.7. The summed E-state index contributed by atoms with van der Waals surface area (Å²) in [5.41, 5.74) is 2.11. The molecule has 0 aliphatic carbocycles. The molecule has 0 bridgehead atoms. The van der Waals surface area contributed by atoms with Crippen LogP contribution in [0.15, 0.2) is 42.6 Å². The molecule has 2 aromatic rings. The van der Waals surface area contributed by atoms with Crippen molar-refractivity contribution in [2.45, 2.75) is 19.5 Å². The molecule has 0 spiro atoms. The van der Waals surface area contributed by atoms with Crippen molar-refractivity contribution in [3.63, 3.8) is 0 Å². The molecule has 1 aromatic heterocycles. The molecule has 0 radical (unpaired) electrons. The molecule has 0 atom stereocenters. The Balaban J connectivity index is 2.06. The van der Waals surface area contributed by atoms with Crippen molar-refractivity contribution >= 4 is 23.2 Å². The van der Waals surface area contributed by atoms with Crippen LogP contribution in [0.2, 0.25) is 10.0 Å². The van der Waals surface area contributed by atoms with Gasteiger partial charge in [-0.05, 0) is 36.2 Å². The monoisotopic (exact) mass is 324 g/mol. The minimum Gasteiger partial charge on any atom is -0.396 e. The van der Waals surface area contributed by atoms with Gasteiger partial charge in [0.05, 0.1) is 15.7 Å². The summed E-state index contributed by atoms with van der Waals surface area (Å²) in [7, 11) is 0. The van der Waals surface area contributed by atoms with Crippen molar-refractivity contribution in [1.82, 2.24) is 9.88 Å². The Hall–Kier alpha value is -1.13. The summed E-state index contributed by atoms with van der Waals surface area (Å²) < 4.78 is 0. The van der Waals surface area contributed by atoms with Gasteiger partial charge in [-0.25, -0.2) is 0 Å². The van der Waals surface area contributed by atoms with Gasteiger partial charge < -0.3 is 5.11 Å². The normalized spacial score (nSPS) is 11.0. The van der Waals surface area contributed by atoms with Crippen molar-refractivity contribution in [3.05, 3.63) is 63.9 Å². The van der Waals surface area contributed by atoms with Crippen LogP contribution in [0.5, 0.6) is 0 Å². The Morgan fingerprint density at radius 3 is 2.57 bits per heavy atom. The van der Waals surface area contributed by atoms with E-state index in [4.69, 9.17) is 28.3 Å². The quantitative estimate of drug-likeness (QED) is 0.842. The second-order valence-electron chi connectivity index (χ2n) is 4.86. The molecular weight excluding hydrogens is 307 g/mol. The third-order valence-corrected chi connectivity index (χ3v) is 3.87. The Bertz CT molecular complexity index is 563. The van der Waals surface area contributed by atoms with E-state index in [1.54, 1.807) is 6.20 Å². The lowest BCUT2D eigenvalue weighted by Crippen LogP contribution is -2.25. The van der Waals surface area contributed by atoms with E-state index in [2.05, 4.69) is 9.88 Å². The number of aliphatic hydroxyl groups excluding tert-OH is 1. The zero-order chi connectivity index (χ0) is 15.1. The summed E-state index contributed by atoms with van der Waals surface area (Å²) in [6.45, 7) is 2.46. The summed E-state index contributed by atoms with van der Waals surface area (Å²) in [4.78, 5) is 6.58. The van der Waals surface area contributed by atoms with E-state index in [-0.39, 0.29) is 6.61 Å². The molecular formula is C16H18Cl2N2O. The minimum atomic E-state index is 0.181. The van der Waals surface area contributed by atoms with Crippen molar-refractivity contribution < 1.29 is 5.11 Å². The van der Waals surface area contributed by atoms with E-state index in [0.29, 0.717) is 10.0 Å². The second-order valence-corrected chi connectivity index (χ2v) is 5.67. The first-order chi connectivity index (χ1) is 10.2. The number of aromatic nitrogens is 1. The Morgan fingerprint density at radius 2 is 1.90 bits per heavy atom. The van der Waals surface area contributed by atoms with Gasteiger partial charge in [0.25, 0.3) is 0 Å². The number of hydrogen-bond acceptors (Lipinski definition) is 3. The highest BCUT2D eigenvalue weighted by Gasteiger charge is 2.09. The van der Waals surface area contributed by atoms with Crippen LogP contribution in [-0.2, 0) is 13.1 Å². The molecule has 2 rings (SSSR count). The van der Waals surface area contributed by atoms with Gasteiger partial charge in [0.1, 0.15) is 0 Å². The van der Waals surface area contributed by atoms with Gasteiger partial charge in [0, 0.05) is 32.4 Å². The maximum Gasteiger partial charge on any atom is 0.0595 e. The van der Waals surface area contributed by atoms with Gasteiger partial charge in [0.15, 0.2) is 0 Å². The molecule has 0 aliphatic rings. The Labute approximate surface area is 135 Å². The van der Waals surface area contributed by atoms with Crippen molar-refractivity contribution in [3.8, 4) is 0 Å². The number of halogens is 2. The first-order valence-corrected chi connectivity index (χ1v) is 7.61. The van der Waals surface area contributed by atoms with E-state index in [1.165, 1.54) is 0 Å². The number of nitrogens with zero attached hydrogens (tertiary/aromatic N) is 2. The number of benzene rings is 1. The molecule has 0 fully saturated rings. The van der Waals surface area contributed by atoms with E-state index < -0.39 is 0 Å². The standard InChI is InChI=1S/C16H18Cl2N2O/c17-15-6-5-13(10-16(15)18)11-20(8-3-9-21)12-14-4-1-2-7-19-14/h1-2,4-7,10,21H,3,8-9,11-12H2. The van der Waals surface area contributed by atoms with Crippen LogP contribution in [0.3, 0.4) is 0 Å². The molecule has 0 aliphatic heterocycles. The molecule has 0 unspecified atom stereocenters. The highest BCUT2D eigenvalue weighted by molar-refractivity contribution is 6.42. The fraction of sp³-hybridized carbons (Fsp3) is 0.312. The Morgan fingerprint density at radius 1 is 1.05 bits per heavy atom. The van der Waals surface area contributed by atoms with Crippen LogP contribution in [0.4, 0.5) is 0 Å². The minimum absolute atomic E-state index is 0.181. The summed E-state index contributed by atoms with van der Waals surface area (Å²) in [5, 5.41) is 10.2. The molecule has 5 heteroatoms. The summed E-state index contributed by atoms with van der Waals surface area (Å²) >= 11 is 12.0. The van der Waals surface area contributed by atoms with Gasteiger partial charge >= 0.3 is 0 Å². The highest BCUT2D eigenvalue weighted by Crippen LogP contribution is 2.23. The third kappa shape index (κ3) is 5.29. The van der Waals surface area contributed by atoms with Crippen LogP contribution < -0.4 is 0 Å². The van der Waals surface area contributed by atoms with Gasteiger partial charge in [-0.3, -0.25) is 9.88 Å². The van der Waals surface area contributed by atoms with Crippen LogP contribution in [-0.4, -0.2) is 28.1 Å². The van der Waals surface area contributed by atoms with E-state index >= 15 is 0 Å². The summed E-state index contributed by atoms with van der Waals surface area (Å²) in [6.07, 6.45) is 2.52. The predicted octanol–water partition coefficient (Wildman–Crippen LogP) is 3.77. The molecule has 3 nitrogen and oxygen atoms in total. The molecule has 112 valence electrons. The van der Waals surface area contributed by atoms with Crippen LogP contribution in [0.1, 0.15) is 17.7 Å². The first-order valence-electron chi connectivity index (χ1n) is 6.86. The first kappa shape index (κ1) is 16.2. The lowest BCUT2D eigenvalue weighted by Gasteiger charge is -2.22. The fourth-order valence-corrected chi connectivity index (χ4v) is 2.45. The van der Waals surface area contributed by atoms with Gasteiger partial charge in [-0.2, -0.15) is 0 Å². The van der Waals surface area contributed by atoms with Crippen molar-refractivity contribution in [2.75, 3.05) is 13.2 Å². The van der Waals surface area contributed by atoms with Crippen LogP contribution >= 0.6 is 23.2 Å². The molecule has 21 heavy (non-hydrogen) atoms. The fourth-order valence-electron chi connectivity index (χ4n) is 2.13.